The van der Waals surface area contributed by atoms with Gasteiger partial charge in [-0.25, -0.2) is 4.98 Å². The number of esters is 2. The van der Waals surface area contributed by atoms with Crippen molar-refractivity contribution in [3.8, 4) is 28.8 Å². The number of thiazole rings is 1. The van der Waals surface area contributed by atoms with Gasteiger partial charge in [0.1, 0.15) is 22.6 Å². The van der Waals surface area contributed by atoms with E-state index in [0.717, 1.165) is 0 Å². The van der Waals surface area contributed by atoms with Gasteiger partial charge in [0.15, 0.2) is 0 Å². The van der Waals surface area contributed by atoms with Crippen molar-refractivity contribution in [2.75, 3.05) is 0 Å². The summed E-state index contributed by atoms with van der Waals surface area (Å²) in [6, 6.07) is 16.1. The van der Waals surface area contributed by atoms with Gasteiger partial charge in [0.25, 0.3) is 0 Å². The Morgan fingerprint density at radius 2 is 1.83 bits per heavy atom. The number of nitrogens with zero attached hydrogens (tertiary/aromatic N) is 2. The van der Waals surface area contributed by atoms with Crippen molar-refractivity contribution >= 4 is 34.9 Å². The lowest BCUT2D eigenvalue weighted by Crippen LogP contribution is -2.02. The normalized spacial score (nSPS) is 10.9. The summed E-state index contributed by atoms with van der Waals surface area (Å²) in [7, 11) is 0. The van der Waals surface area contributed by atoms with Gasteiger partial charge in [0.05, 0.1) is 11.3 Å². The zero-order valence-electron chi connectivity index (χ0n) is 15.7. The molecular formula is C22H16N2O4S. The van der Waals surface area contributed by atoms with Crippen LogP contribution in [0.3, 0.4) is 0 Å². The molecule has 6 nitrogen and oxygen atoms in total. The van der Waals surface area contributed by atoms with Crippen molar-refractivity contribution in [2.45, 2.75) is 13.8 Å². The van der Waals surface area contributed by atoms with Crippen molar-refractivity contribution in [3.63, 3.8) is 0 Å². The van der Waals surface area contributed by atoms with Crippen LogP contribution in [-0.2, 0) is 9.59 Å². The maximum atomic E-state index is 11.3. The van der Waals surface area contributed by atoms with Crippen LogP contribution in [0.25, 0.3) is 22.9 Å². The molecule has 29 heavy (non-hydrogen) atoms. The Morgan fingerprint density at radius 1 is 1.07 bits per heavy atom. The Hall–Kier alpha value is -3.76. The number of allylic oxidation sites excluding steroid dienone is 1. The molecule has 0 amide bonds. The van der Waals surface area contributed by atoms with E-state index in [2.05, 4.69) is 11.1 Å². The summed E-state index contributed by atoms with van der Waals surface area (Å²) in [4.78, 5) is 27.0. The average molecular weight is 404 g/mol. The fraction of sp³-hybridized carbons (Fsp3) is 0.0909. The summed E-state index contributed by atoms with van der Waals surface area (Å²) in [5, 5.41) is 11.9. The van der Waals surface area contributed by atoms with Crippen LogP contribution in [0, 0.1) is 11.3 Å². The fourth-order valence-corrected chi connectivity index (χ4v) is 3.37. The number of benzene rings is 2. The van der Waals surface area contributed by atoms with Crippen LogP contribution in [0.5, 0.6) is 11.5 Å². The molecule has 144 valence electrons. The second kappa shape index (κ2) is 8.95. The van der Waals surface area contributed by atoms with E-state index >= 15 is 0 Å². The lowest BCUT2D eigenvalue weighted by Gasteiger charge is -2.06. The number of carbonyl (C=O) groups is 2. The highest BCUT2D eigenvalue weighted by Gasteiger charge is 2.14. The predicted molar refractivity (Wildman–Crippen MR) is 110 cm³/mol. The Kier molecular flexibility index (Phi) is 6.17. The predicted octanol–water partition coefficient (Wildman–Crippen LogP) is 4.72. The maximum Gasteiger partial charge on any atom is 0.308 e. The molecule has 0 aliphatic heterocycles. The van der Waals surface area contributed by atoms with E-state index in [4.69, 9.17) is 9.47 Å². The number of nitriles is 1. The van der Waals surface area contributed by atoms with Crippen molar-refractivity contribution < 1.29 is 19.1 Å². The lowest BCUT2D eigenvalue weighted by molar-refractivity contribution is -0.132. The molecule has 2 aromatic carbocycles. The highest BCUT2D eigenvalue weighted by Crippen LogP contribution is 2.33. The Bertz CT molecular complexity index is 1140. The third kappa shape index (κ3) is 5.15. The summed E-state index contributed by atoms with van der Waals surface area (Å²) < 4.78 is 10.3. The number of aromatic nitrogens is 1. The third-order valence-electron chi connectivity index (χ3n) is 3.70. The van der Waals surface area contributed by atoms with Gasteiger partial charge in [-0.05, 0) is 35.9 Å². The number of rotatable bonds is 5. The Labute approximate surface area is 171 Å². The molecule has 3 aromatic rings. The molecular weight excluding hydrogens is 388 g/mol. The minimum Gasteiger partial charge on any atom is -0.427 e. The molecule has 0 N–H and O–H groups in total. The van der Waals surface area contributed by atoms with Crippen LogP contribution in [0.15, 0.2) is 53.9 Å². The molecule has 0 aliphatic carbocycles. The van der Waals surface area contributed by atoms with Crippen LogP contribution in [0.2, 0.25) is 0 Å². The van der Waals surface area contributed by atoms with Crippen molar-refractivity contribution in [1.82, 2.24) is 4.98 Å². The maximum absolute atomic E-state index is 11.3. The topological polar surface area (TPSA) is 89.3 Å². The van der Waals surface area contributed by atoms with Crippen LogP contribution < -0.4 is 9.47 Å². The van der Waals surface area contributed by atoms with E-state index in [1.165, 1.54) is 25.2 Å². The molecule has 0 saturated carbocycles. The summed E-state index contributed by atoms with van der Waals surface area (Å²) in [6.07, 6.45) is 1.67. The van der Waals surface area contributed by atoms with E-state index < -0.39 is 11.9 Å². The second-order valence-electron chi connectivity index (χ2n) is 5.96. The largest absolute Gasteiger partial charge is 0.427 e. The number of hydrogen-bond acceptors (Lipinski definition) is 7. The van der Waals surface area contributed by atoms with Gasteiger partial charge in [0.2, 0.25) is 0 Å². The number of hydrogen-bond donors (Lipinski definition) is 0. The zero-order chi connectivity index (χ0) is 20.8. The number of para-hydroxylation sites is 1. The average Bonchev–Trinajstić information content (AvgIpc) is 3.15. The van der Waals surface area contributed by atoms with Crippen LogP contribution in [-0.4, -0.2) is 16.9 Å². The van der Waals surface area contributed by atoms with Crippen LogP contribution >= 0.6 is 11.3 Å². The van der Waals surface area contributed by atoms with Crippen molar-refractivity contribution in [2.24, 2.45) is 0 Å². The standard InChI is InChI=1S/C22H16N2O4S/c1-14(25)27-18-7-5-6-16(11-18)10-17(12-23)22-24-20(13-29-22)19-8-3-4-9-21(19)28-15(2)26/h3-11,13H,1-2H3. The van der Waals surface area contributed by atoms with E-state index in [1.807, 2.05) is 6.07 Å². The molecule has 0 unspecified atom stereocenters. The molecule has 7 heteroatoms. The molecule has 0 fully saturated rings. The summed E-state index contributed by atoms with van der Waals surface area (Å²) >= 11 is 1.31. The monoisotopic (exact) mass is 404 g/mol. The first kappa shape index (κ1) is 20.0. The van der Waals surface area contributed by atoms with Crippen LogP contribution in [0.4, 0.5) is 0 Å². The molecule has 0 saturated heterocycles. The highest BCUT2D eigenvalue weighted by molar-refractivity contribution is 7.11. The van der Waals surface area contributed by atoms with E-state index in [-0.39, 0.29) is 0 Å². The molecule has 0 bridgehead atoms. The van der Waals surface area contributed by atoms with E-state index in [1.54, 1.807) is 53.9 Å². The molecule has 0 atom stereocenters. The molecule has 1 aromatic heterocycles. The summed E-state index contributed by atoms with van der Waals surface area (Å²) in [5.74, 6) is -0.0204. The lowest BCUT2D eigenvalue weighted by atomic mass is 10.1. The van der Waals surface area contributed by atoms with Gasteiger partial charge in [-0.1, -0.05) is 24.3 Å². The third-order valence-corrected chi connectivity index (χ3v) is 4.58. The molecule has 1 heterocycles. The van der Waals surface area contributed by atoms with Crippen molar-refractivity contribution in [1.29, 1.82) is 5.26 Å². The van der Waals surface area contributed by atoms with E-state index in [0.29, 0.717) is 38.9 Å². The van der Waals surface area contributed by atoms with Gasteiger partial charge in [-0.15, -0.1) is 11.3 Å². The van der Waals surface area contributed by atoms with Gasteiger partial charge in [-0.2, -0.15) is 5.26 Å². The first-order valence-corrected chi connectivity index (χ1v) is 9.48. The number of carbonyl (C=O) groups excluding carboxylic acids is 2. The number of ether oxygens (including phenoxy) is 2. The summed E-state index contributed by atoms with van der Waals surface area (Å²) in [5.41, 5.74) is 2.35. The van der Waals surface area contributed by atoms with Crippen LogP contribution in [0.1, 0.15) is 24.4 Å². The second-order valence-corrected chi connectivity index (χ2v) is 6.82. The molecule has 3 rings (SSSR count). The summed E-state index contributed by atoms with van der Waals surface area (Å²) in [6.45, 7) is 2.66. The first-order chi connectivity index (χ1) is 14.0. The van der Waals surface area contributed by atoms with Gasteiger partial charge >= 0.3 is 11.9 Å². The zero-order valence-corrected chi connectivity index (χ0v) is 16.5. The smallest absolute Gasteiger partial charge is 0.308 e. The quantitative estimate of drug-likeness (QED) is 0.347. The first-order valence-electron chi connectivity index (χ1n) is 8.60. The highest BCUT2D eigenvalue weighted by atomic mass is 32.1. The Balaban J connectivity index is 1.93. The Morgan fingerprint density at radius 3 is 2.55 bits per heavy atom. The SMILES string of the molecule is CC(=O)Oc1cccc(C=C(C#N)c2nc(-c3ccccc3OC(C)=O)cs2)c1. The minimum absolute atomic E-state index is 0.367. The molecule has 0 radical (unpaired) electrons. The fourth-order valence-electron chi connectivity index (χ4n) is 2.59. The van der Waals surface area contributed by atoms with Gasteiger partial charge in [-0.3, -0.25) is 9.59 Å². The van der Waals surface area contributed by atoms with Gasteiger partial charge in [0, 0.05) is 24.8 Å². The molecule has 0 spiro atoms. The molecule has 0 aliphatic rings. The minimum atomic E-state index is -0.418. The van der Waals surface area contributed by atoms with Gasteiger partial charge < -0.3 is 9.47 Å². The van der Waals surface area contributed by atoms with Crippen molar-refractivity contribution in [3.05, 3.63) is 64.5 Å². The van der Waals surface area contributed by atoms with E-state index in [9.17, 15) is 14.9 Å².